The van der Waals surface area contributed by atoms with Gasteiger partial charge in [0.25, 0.3) is 5.91 Å². The summed E-state index contributed by atoms with van der Waals surface area (Å²) in [6.45, 7) is 4.74. The number of nitrogens with one attached hydrogen (secondary N) is 1. The second-order valence-electron chi connectivity index (χ2n) is 3.83. The summed E-state index contributed by atoms with van der Waals surface area (Å²) < 4.78 is 0. The van der Waals surface area contributed by atoms with Crippen molar-refractivity contribution in [3.8, 4) is 0 Å². The molecular weight excluding hydrogens is 228 g/mol. The number of rotatable bonds is 5. The maximum absolute atomic E-state index is 11.5. The maximum Gasteiger partial charge on any atom is 0.324 e. The first-order valence-electron chi connectivity index (χ1n) is 5.03. The Hall–Kier alpha value is -1.43. The fourth-order valence-electron chi connectivity index (χ4n) is 1.11. The van der Waals surface area contributed by atoms with Crippen molar-refractivity contribution in [1.82, 2.24) is 5.32 Å². The van der Waals surface area contributed by atoms with Gasteiger partial charge < -0.3 is 5.32 Å². The molecule has 0 fully saturated rings. The van der Waals surface area contributed by atoms with Crippen LogP contribution in [-0.4, -0.2) is 17.4 Å². The lowest BCUT2D eigenvalue weighted by molar-refractivity contribution is -0.380. The van der Waals surface area contributed by atoms with Gasteiger partial charge in [0.2, 0.25) is 0 Å². The van der Waals surface area contributed by atoms with E-state index in [-0.39, 0.29) is 10.9 Å². The standard InChI is InChI=1S/C10H14N2O3S/c1-7(2)5-6-11-10(13)8-3-4-9(16-8)12(14)15/h3-4,7H,5-6H2,1-2H3,(H,11,13). The van der Waals surface area contributed by atoms with Crippen LogP contribution in [0.4, 0.5) is 5.00 Å². The van der Waals surface area contributed by atoms with Crippen LogP contribution in [0, 0.1) is 16.0 Å². The third-order valence-electron chi connectivity index (χ3n) is 2.00. The quantitative estimate of drug-likeness (QED) is 0.636. The van der Waals surface area contributed by atoms with Crippen molar-refractivity contribution >= 4 is 22.2 Å². The second kappa shape index (κ2) is 5.60. The van der Waals surface area contributed by atoms with Gasteiger partial charge in [-0.1, -0.05) is 25.2 Å². The first kappa shape index (κ1) is 12.6. The monoisotopic (exact) mass is 242 g/mol. The largest absolute Gasteiger partial charge is 0.351 e. The van der Waals surface area contributed by atoms with Gasteiger partial charge in [0, 0.05) is 12.6 Å². The fourth-order valence-corrected chi connectivity index (χ4v) is 1.85. The normalized spacial score (nSPS) is 10.4. The Morgan fingerprint density at radius 3 is 2.75 bits per heavy atom. The van der Waals surface area contributed by atoms with E-state index in [1.54, 1.807) is 0 Å². The summed E-state index contributed by atoms with van der Waals surface area (Å²) in [5.74, 6) is 0.289. The minimum absolute atomic E-state index is 0.00555. The molecule has 0 saturated carbocycles. The molecule has 1 aromatic heterocycles. The zero-order valence-electron chi connectivity index (χ0n) is 9.23. The molecule has 1 N–H and O–H groups in total. The van der Waals surface area contributed by atoms with Crippen molar-refractivity contribution in [3.05, 3.63) is 27.1 Å². The lowest BCUT2D eigenvalue weighted by atomic mass is 10.1. The van der Waals surface area contributed by atoms with Gasteiger partial charge in [0.05, 0.1) is 9.80 Å². The average molecular weight is 242 g/mol. The van der Waals surface area contributed by atoms with Crippen LogP contribution in [0.1, 0.15) is 29.9 Å². The third kappa shape index (κ3) is 3.62. The maximum atomic E-state index is 11.5. The molecule has 1 heterocycles. The van der Waals surface area contributed by atoms with Gasteiger partial charge >= 0.3 is 5.00 Å². The molecule has 88 valence electrons. The van der Waals surface area contributed by atoms with E-state index in [1.807, 2.05) is 0 Å². The van der Waals surface area contributed by atoms with Crippen LogP contribution in [-0.2, 0) is 0 Å². The number of amides is 1. The molecule has 0 aliphatic heterocycles. The van der Waals surface area contributed by atoms with Gasteiger partial charge in [-0.05, 0) is 18.4 Å². The molecule has 5 nitrogen and oxygen atoms in total. The van der Waals surface area contributed by atoms with Gasteiger partial charge in [-0.3, -0.25) is 14.9 Å². The van der Waals surface area contributed by atoms with E-state index in [0.717, 1.165) is 17.8 Å². The van der Waals surface area contributed by atoms with Crippen LogP contribution >= 0.6 is 11.3 Å². The Kier molecular flexibility index (Phi) is 4.42. The Bertz CT molecular complexity index is 387. The zero-order chi connectivity index (χ0) is 12.1. The zero-order valence-corrected chi connectivity index (χ0v) is 10.0. The van der Waals surface area contributed by atoms with E-state index in [2.05, 4.69) is 19.2 Å². The van der Waals surface area contributed by atoms with E-state index in [1.165, 1.54) is 12.1 Å². The topological polar surface area (TPSA) is 72.2 Å². The molecule has 1 amide bonds. The van der Waals surface area contributed by atoms with Crippen molar-refractivity contribution in [1.29, 1.82) is 0 Å². The highest BCUT2D eigenvalue weighted by Gasteiger charge is 2.14. The third-order valence-corrected chi connectivity index (χ3v) is 3.04. The Labute approximate surface area is 97.6 Å². The Morgan fingerprint density at radius 2 is 2.25 bits per heavy atom. The van der Waals surface area contributed by atoms with Gasteiger partial charge in [0.1, 0.15) is 0 Å². The van der Waals surface area contributed by atoms with E-state index in [4.69, 9.17) is 0 Å². The summed E-state index contributed by atoms with van der Waals surface area (Å²) >= 11 is 0.897. The highest BCUT2D eigenvalue weighted by Crippen LogP contribution is 2.23. The summed E-state index contributed by atoms with van der Waals surface area (Å²) in [4.78, 5) is 21.9. The number of hydrogen-bond donors (Lipinski definition) is 1. The molecular formula is C10H14N2O3S. The predicted molar refractivity (Wildman–Crippen MR) is 62.8 cm³/mol. The van der Waals surface area contributed by atoms with Gasteiger partial charge in [0.15, 0.2) is 0 Å². The molecule has 0 spiro atoms. The summed E-state index contributed by atoms with van der Waals surface area (Å²) in [6, 6.07) is 2.83. The summed E-state index contributed by atoms with van der Waals surface area (Å²) in [6.07, 6.45) is 0.902. The number of nitrogens with zero attached hydrogens (tertiary/aromatic N) is 1. The number of carbonyl (C=O) groups excluding carboxylic acids is 1. The van der Waals surface area contributed by atoms with Crippen molar-refractivity contribution in [2.24, 2.45) is 5.92 Å². The summed E-state index contributed by atoms with van der Waals surface area (Å²) in [5.41, 5.74) is 0. The van der Waals surface area contributed by atoms with Gasteiger partial charge in [-0.25, -0.2) is 0 Å². The SMILES string of the molecule is CC(C)CCNC(=O)c1ccc([N+](=O)[O-])s1. The van der Waals surface area contributed by atoms with Crippen molar-refractivity contribution in [2.75, 3.05) is 6.54 Å². The summed E-state index contributed by atoms with van der Waals surface area (Å²) in [5, 5.41) is 13.2. The van der Waals surface area contributed by atoms with Crippen LogP contribution in [0.15, 0.2) is 12.1 Å². The predicted octanol–water partition coefficient (Wildman–Crippen LogP) is 2.43. The lowest BCUT2D eigenvalue weighted by Gasteiger charge is -2.05. The molecule has 1 rings (SSSR count). The van der Waals surface area contributed by atoms with Crippen LogP contribution < -0.4 is 5.32 Å². The number of thiophene rings is 1. The Balaban J connectivity index is 2.50. The molecule has 0 aliphatic rings. The smallest absolute Gasteiger partial charge is 0.324 e. The van der Waals surface area contributed by atoms with Gasteiger partial charge in [-0.15, -0.1) is 0 Å². The summed E-state index contributed by atoms with van der Waals surface area (Å²) in [7, 11) is 0. The molecule has 6 heteroatoms. The van der Waals surface area contributed by atoms with E-state index in [9.17, 15) is 14.9 Å². The number of hydrogen-bond acceptors (Lipinski definition) is 4. The first-order chi connectivity index (χ1) is 7.50. The fraction of sp³-hybridized carbons (Fsp3) is 0.500. The minimum atomic E-state index is -0.491. The molecule has 0 aliphatic carbocycles. The average Bonchev–Trinajstić information content (AvgIpc) is 2.65. The van der Waals surface area contributed by atoms with Crippen molar-refractivity contribution in [2.45, 2.75) is 20.3 Å². The minimum Gasteiger partial charge on any atom is -0.351 e. The van der Waals surface area contributed by atoms with Crippen molar-refractivity contribution in [3.63, 3.8) is 0 Å². The molecule has 0 atom stereocenters. The molecule has 0 radical (unpaired) electrons. The van der Waals surface area contributed by atoms with Gasteiger partial charge in [-0.2, -0.15) is 0 Å². The number of carbonyl (C=O) groups is 1. The highest BCUT2D eigenvalue weighted by molar-refractivity contribution is 7.17. The molecule has 16 heavy (non-hydrogen) atoms. The lowest BCUT2D eigenvalue weighted by Crippen LogP contribution is -2.24. The molecule has 0 saturated heterocycles. The molecule has 1 aromatic rings. The van der Waals surface area contributed by atoms with Crippen LogP contribution in [0.2, 0.25) is 0 Å². The van der Waals surface area contributed by atoms with E-state index >= 15 is 0 Å². The molecule has 0 aromatic carbocycles. The molecule has 0 bridgehead atoms. The second-order valence-corrected chi connectivity index (χ2v) is 4.90. The van der Waals surface area contributed by atoms with E-state index < -0.39 is 4.92 Å². The first-order valence-corrected chi connectivity index (χ1v) is 5.84. The molecule has 0 unspecified atom stereocenters. The van der Waals surface area contributed by atoms with Crippen LogP contribution in [0.25, 0.3) is 0 Å². The highest BCUT2D eigenvalue weighted by atomic mass is 32.1. The van der Waals surface area contributed by atoms with Crippen LogP contribution in [0.3, 0.4) is 0 Å². The van der Waals surface area contributed by atoms with Crippen LogP contribution in [0.5, 0.6) is 0 Å². The van der Waals surface area contributed by atoms with E-state index in [0.29, 0.717) is 17.3 Å². The number of nitro groups is 1. The Morgan fingerprint density at radius 1 is 1.56 bits per heavy atom. The van der Waals surface area contributed by atoms with Crippen molar-refractivity contribution < 1.29 is 9.72 Å².